The molecule has 1 fully saturated rings. The Morgan fingerprint density at radius 3 is 2.51 bits per heavy atom. The Morgan fingerprint density at radius 2 is 1.83 bits per heavy atom. The third-order valence-electron chi connectivity index (χ3n) is 6.49. The summed E-state index contributed by atoms with van der Waals surface area (Å²) >= 11 is 0. The zero-order chi connectivity index (χ0) is 25.2. The van der Waals surface area contributed by atoms with Gasteiger partial charge in [-0.05, 0) is 73.1 Å². The van der Waals surface area contributed by atoms with Gasteiger partial charge in [0.05, 0.1) is 23.9 Å². The second-order valence-corrected chi connectivity index (χ2v) is 10.9. The normalized spacial score (nSPS) is 15.2. The van der Waals surface area contributed by atoms with E-state index in [9.17, 15) is 21.6 Å². The third kappa shape index (κ3) is 6.38. The molecule has 190 valence electrons. The van der Waals surface area contributed by atoms with Crippen molar-refractivity contribution in [3.8, 4) is 5.75 Å². The SMILES string of the molecule is Cc1cc(OCc2ccc(C3CCCC3)c(C(F)(F)F)c2)cc2ccn(CCCOS(C)(=O)=O)c12. The first kappa shape index (κ1) is 25.6. The smallest absolute Gasteiger partial charge is 0.416 e. The molecular formula is C26H30F3NO4S. The van der Waals surface area contributed by atoms with E-state index in [1.54, 1.807) is 12.1 Å². The van der Waals surface area contributed by atoms with Crippen LogP contribution < -0.4 is 4.74 Å². The Hall–Kier alpha value is -2.52. The summed E-state index contributed by atoms with van der Waals surface area (Å²) in [5.41, 5.74) is 2.30. The minimum Gasteiger partial charge on any atom is -0.489 e. The highest BCUT2D eigenvalue weighted by Gasteiger charge is 2.36. The van der Waals surface area contributed by atoms with Gasteiger partial charge in [-0.2, -0.15) is 21.6 Å². The van der Waals surface area contributed by atoms with Crippen LogP contribution in [0.15, 0.2) is 42.6 Å². The van der Waals surface area contributed by atoms with Gasteiger partial charge in [0, 0.05) is 18.1 Å². The fraction of sp³-hybridized carbons (Fsp3) is 0.462. The summed E-state index contributed by atoms with van der Waals surface area (Å²) in [5.74, 6) is 0.565. The highest BCUT2D eigenvalue weighted by molar-refractivity contribution is 7.85. The molecule has 1 aliphatic rings. The second-order valence-electron chi connectivity index (χ2n) is 9.26. The molecule has 0 amide bonds. The maximum atomic E-state index is 13.8. The van der Waals surface area contributed by atoms with Gasteiger partial charge < -0.3 is 9.30 Å². The van der Waals surface area contributed by atoms with Gasteiger partial charge in [0.1, 0.15) is 12.4 Å². The fourth-order valence-corrected chi connectivity index (χ4v) is 5.37. The number of hydrogen-bond donors (Lipinski definition) is 0. The molecule has 9 heteroatoms. The zero-order valence-corrected chi connectivity index (χ0v) is 20.7. The maximum absolute atomic E-state index is 13.8. The Labute approximate surface area is 204 Å². The summed E-state index contributed by atoms with van der Waals surface area (Å²) in [6, 6.07) is 10.3. The van der Waals surface area contributed by atoms with Crippen LogP contribution in [0.5, 0.6) is 5.75 Å². The predicted octanol–water partition coefficient (Wildman–Crippen LogP) is 6.57. The molecule has 1 aromatic heterocycles. The molecule has 5 nitrogen and oxygen atoms in total. The number of ether oxygens (including phenoxy) is 1. The van der Waals surface area contributed by atoms with E-state index in [0.29, 0.717) is 29.8 Å². The van der Waals surface area contributed by atoms with Gasteiger partial charge in [-0.1, -0.05) is 25.0 Å². The molecule has 0 saturated heterocycles. The summed E-state index contributed by atoms with van der Waals surface area (Å²) in [7, 11) is -3.46. The Kier molecular flexibility index (Phi) is 7.47. The molecule has 0 radical (unpaired) electrons. The molecule has 1 saturated carbocycles. The zero-order valence-electron chi connectivity index (χ0n) is 19.9. The molecule has 35 heavy (non-hydrogen) atoms. The van der Waals surface area contributed by atoms with Crippen LogP contribution in [0.2, 0.25) is 0 Å². The van der Waals surface area contributed by atoms with Crippen molar-refractivity contribution in [1.29, 1.82) is 0 Å². The molecule has 0 spiro atoms. The lowest BCUT2D eigenvalue weighted by atomic mass is 9.91. The van der Waals surface area contributed by atoms with E-state index < -0.39 is 21.9 Å². The molecule has 0 aliphatic heterocycles. The molecule has 3 aromatic rings. The molecular weight excluding hydrogens is 479 g/mol. The summed E-state index contributed by atoms with van der Waals surface area (Å²) in [5, 5.41) is 0.941. The van der Waals surface area contributed by atoms with Gasteiger partial charge in [-0.15, -0.1) is 0 Å². The van der Waals surface area contributed by atoms with Gasteiger partial charge >= 0.3 is 6.18 Å². The monoisotopic (exact) mass is 509 g/mol. The van der Waals surface area contributed by atoms with Crippen molar-refractivity contribution in [3.05, 3.63) is 64.8 Å². The lowest BCUT2D eigenvalue weighted by Crippen LogP contribution is -2.12. The number of benzene rings is 2. The summed E-state index contributed by atoms with van der Waals surface area (Å²) in [4.78, 5) is 0. The van der Waals surface area contributed by atoms with Crippen LogP contribution >= 0.6 is 0 Å². The molecule has 0 atom stereocenters. The van der Waals surface area contributed by atoms with Crippen LogP contribution in [0.25, 0.3) is 10.9 Å². The number of aromatic nitrogens is 1. The minimum atomic E-state index is -4.39. The fourth-order valence-electron chi connectivity index (χ4n) is 4.95. The standard InChI is InChI=1S/C26H30F3NO4S/c1-18-14-22(16-21-10-12-30(25(18)21)11-5-13-34-35(2,31)32)33-17-19-8-9-23(20-6-3-4-7-20)24(15-19)26(27,28)29/h8-10,12,14-16,20H,3-7,11,13,17H2,1-2H3. The van der Waals surface area contributed by atoms with E-state index in [1.807, 2.05) is 35.9 Å². The van der Waals surface area contributed by atoms with Crippen molar-refractivity contribution in [2.45, 2.75) is 64.3 Å². The van der Waals surface area contributed by atoms with Gasteiger partial charge in [0.2, 0.25) is 0 Å². The maximum Gasteiger partial charge on any atom is 0.416 e. The number of rotatable bonds is 9. The summed E-state index contributed by atoms with van der Waals surface area (Å²) < 4.78 is 76.2. The molecule has 1 aliphatic carbocycles. The van der Waals surface area contributed by atoms with Crippen LogP contribution in [0.1, 0.15) is 60.3 Å². The van der Waals surface area contributed by atoms with Crippen LogP contribution in [0.3, 0.4) is 0 Å². The molecule has 0 N–H and O–H groups in total. The van der Waals surface area contributed by atoms with Crippen molar-refractivity contribution in [3.63, 3.8) is 0 Å². The highest BCUT2D eigenvalue weighted by Crippen LogP contribution is 2.42. The average Bonchev–Trinajstić information content (AvgIpc) is 3.44. The first-order chi connectivity index (χ1) is 16.5. The van der Waals surface area contributed by atoms with Gasteiger partial charge in [-0.25, -0.2) is 0 Å². The second kappa shape index (κ2) is 10.2. The van der Waals surface area contributed by atoms with Crippen LogP contribution in [-0.2, 0) is 33.6 Å². The van der Waals surface area contributed by atoms with Crippen LogP contribution in [-0.4, -0.2) is 25.8 Å². The topological polar surface area (TPSA) is 57.5 Å². The molecule has 2 aromatic carbocycles. The van der Waals surface area contributed by atoms with E-state index in [4.69, 9.17) is 8.92 Å². The van der Waals surface area contributed by atoms with Crippen molar-refractivity contribution >= 4 is 21.0 Å². The van der Waals surface area contributed by atoms with Crippen molar-refractivity contribution in [2.75, 3.05) is 12.9 Å². The molecule has 0 unspecified atom stereocenters. The lowest BCUT2D eigenvalue weighted by molar-refractivity contribution is -0.138. The molecule has 1 heterocycles. The quantitative estimate of drug-likeness (QED) is 0.242. The van der Waals surface area contributed by atoms with E-state index in [-0.39, 0.29) is 19.1 Å². The number of halogens is 3. The van der Waals surface area contributed by atoms with Crippen LogP contribution in [0.4, 0.5) is 13.2 Å². The van der Waals surface area contributed by atoms with E-state index in [2.05, 4.69) is 0 Å². The van der Waals surface area contributed by atoms with Gasteiger partial charge in [0.25, 0.3) is 10.1 Å². The lowest BCUT2D eigenvalue weighted by Gasteiger charge is -2.19. The number of fused-ring (bicyclic) bond motifs is 1. The van der Waals surface area contributed by atoms with Crippen molar-refractivity contribution in [2.24, 2.45) is 0 Å². The number of aryl methyl sites for hydroxylation is 2. The third-order valence-corrected chi connectivity index (χ3v) is 7.08. The van der Waals surface area contributed by atoms with Crippen molar-refractivity contribution in [1.82, 2.24) is 4.57 Å². The first-order valence-electron chi connectivity index (χ1n) is 11.8. The van der Waals surface area contributed by atoms with Crippen molar-refractivity contribution < 1.29 is 30.5 Å². The largest absolute Gasteiger partial charge is 0.489 e. The summed E-state index contributed by atoms with van der Waals surface area (Å²) in [6.07, 6.45) is 2.66. The number of hydrogen-bond acceptors (Lipinski definition) is 4. The van der Waals surface area contributed by atoms with E-state index in [0.717, 1.165) is 48.4 Å². The predicted molar refractivity (Wildman–Crippen MR) is 129 cm³/mol. The van der Waals surface area contributed by atoms with Crippen LogP contribution in [0, 0.1) is 6.92 Å². The Bertz CT molecular complexity index is 1290. The Balaban J connectivity index is 1.46. The number of alkyl halides is 3. The van der Waals surface area contributed by atoms with Gasteiger partial charge in [0.15, 0.2) is 0 Å². The highest BCUT2D eigenvalue weighted by atomic mass is 32.2. The summed E-state index contributed by atoms with van der Waals surface area (Å²) in [6.45, 7) is 2.69. The molecule has 4 rings (SSSR count). The molecule has 0 bridgehead atoms. The average molecular weight is 510 g/mol. The minimum absolute atomic E-state index is 0.0198. The van der Waals surface area contributed by atoms with E-state index in [1.165, 1.54) is 6.07 Å². The van der Waals surface area contributed by atoms with E-state index >= 15 is 0 Å². The first-order valence-corrected chi connectivity index (χ1v) is 13.6. The van der Waals surface area contributed by atoms with Gasteiger partial charge in [-0.3, -0.25) is 4.18 Å². The number of nitrogens with zero attached hydrogens (tertiary/aromatic N) is 1. The Morgan fingerprint density at radius 1 is 1.09 bits per heavy atom.